The van der Waals surface area contributed by atoms with Crippen LogP contribution in [0.1, 0.15) is 40.4 Å². The summed E-state index contributed by atoms with van der Waals surface area (Å²) in [6.07, 6.45) is 3.61. The molecule has 2 aromatic rings. The standard InChI is InChI=1S/C17H16BClN4O/c19-13-7-11(3-4-12(13)10-1-2-10)16-15(17(21)24)14-8-18(9-20)5-6-23(14)22-16/h3-4,7,10H,1-2,5-6,8H2,(H2,21,24). The highest BCUT2D eigenvalue weighted by molar-refractivity contribution is 6.66. The molecule has 2 aliphatic rings. The summed E-state index contributed by atoms with van der Waals surface area (Å²) in [7, 11) is 0. The average Bonchev–Trinajstić information content (AvgIpc) is 3.33. The number of hydrogen-bond donors (Lipinski definition) is 1. The first-order chi connectivity index (χ1) is 11.6. The smallest absolute Gasteiger partial charge is 0.275 e. The molecule has 4 rings (SSSR count). The van der Waals surface area contributed by atoms with E-state index in [-0.39, 0.29) is 6.71 Å². The van der Waals surface area contributed by atoms with E-state index in [4.69, 9.17) is 17.3 Å². The van der Waals surface area contributed by atoms with Gasteiger partial charge in [0.05, 0.1) is 5.56 Å². The van der Waals surface area contributed by atoms with Crippen molar-refractivity contribution in [3.63, 3.8) is 0 Å². The molecule has 1 aromatic heterocycles. The molecule has 1 saturated carbocycles. The van der Waals surface area contributed by atoms with Crippen LogP contribution in [0, 0.1) is 11.2 Å². The lowest BCUT2D eigenvalue weighted by atomic mass is 9.45. The topological polar surface area (TPSA) is 84.7 Å². The van der Waals surface area contributed by atoms with Gasteiger partial charge in [0.15, 0.2) is 0 Å². The van der Waals surface area contributed by atoms with Gasteiger partial charge in [-0.1, -0.05) is 23.7 Å². The van der Waals surface area contributed by atoms with Gasteiger partial charge in [0.25, 0.3) is 12.6 Å². The maximum atomic E-state index is 12.0. The van der Waals surface area contributed by atoms with Crippen molar-refractivity contribution in [3.05, 3.63) is 40.0 Å². The number of hydrogen-bond acceptors (Lipinski definition) is 3. The summed E-state index contributed by atoms with van der Waals surface area (Å²) in [5.41, 5.74) is 9.34. The molecular weight excluding hydrogens is 322 g/mol. The van der Waals surface area contributed by atoms with Crippen molar-refractivity contribution in [3.8, 4) is 17.2 Å². The summed E-state index contributed by atoms with van der Waals surface area (Å²) in [6, 6.07) is 5.86. The predicted octanol–water partition coefficient (Wildman–Crippen LogP) is 2.83. The quantitative estimate of drug-likeness (QED) is 0.873. The van der Waals surface area contributed by atoms with Crippen LogP contribution in [0.5, 0.6) is 0 Å². The van der Waals surface area contributed by atoms with E-state index in [1.54, 1.807) is 0 Å². The minimum absolute atomic E-state index is 0.0963. The Balaban J connectivity index is 1.81. The number of amides is 1. The fourth-order valence-electron chi connectivity index (χ4n) is 3.47. The Morgan fingerprint density at radius 2 is 2.25 bits per heavy atom. The summed E-state index contributed by atoms with van der Waals surface area (Å²) >= 11 is 6.42. The molecule has 1 aliphatic carbocycles. The van der Waals surface area contributed by atoms with Crippen LogP contribution in [-0.2, 0) is 12.9 Å². The van der Waals surface area contributed by atoms with Gasteiger partial charge in [0.1, 0.15) is 5.69 Å². The first kappa shape index (κ1) is 15.3. The Morgan fingerprint density at radius 3 is 2.88 bits per heavy atom. The van der Waals surface area contributed by atoms with Crippen LogP contribution in [0.3, 0.4) is 0 Å². The highest BCUT2D eigenvalue weighted by atomic mass is 35.5. The monoisotopic (exact) mass is 338 g/mol. The molecule has 0 radical (unpaired) electrons. The summed E-state index contributed by atoms with van der Waals surface area (Å²) in [5, 5.41) is 14.5. The number of halogens is 1. The lowest BCUT2D eigenvalue weighted by Gasteiger charge is -2.15. The molecule has 0 bridgehead atoms. The highest BCUT2D eigenvalue weighted by Gasteiger charge is 2.31. The number of aryl methyl sites for hydroxylation is 1. The van der Waals surface area contributed by atoms with Crippen LogP contribution in [-0.4, -0.2) is 22.4 Å². The van der Waals surface area contributed by atoms with Crippen LogP contribution in [0.4, 0.5) is 0 Å². The Hall–Kier alpha value is -2.26. The lowest BCUT2D eigenvalue weighted by molar-refractivity contribution is 0.1000. The van der Waals surface area contributed by atoms with Crippen LogP contribution in [0.15, 0.2) is 18.2 Å². The van der Waals surface area contributed by atoms with Gasteiger partial charge in [-0.15, -0.1) is 0 Å². The predicted molar refractivity (Wildman–Crippen MR) is 93.0 cm³/mol. The number of primary amides is 1. The van der Waals surface area contributed by atoms with Crippen LogP contribution in [0.2, 0.25) is 11.3 Å². The lowest BCUT2D eigenvalue weighted by Crippen LogP contribution is -2.28. The van der Waals surface area contributed by atoms with Crippen molar-refractivity contribution in [2.75, 3.05) is 0 Å². The SMILES string of the molecule is N#CB1CCn2nc(-c3ccc(C4CC4)c(Cl)c3)c(C(N)=O)c2C1. The van der Waals surface area contributed by atoms with Gasteiger partial charge >= 0.3 is 0 Å². The first-order valence-corrected chi connectivity index (χ1v) is 8.55. The zero-order chi connectivity index (χ0) is 16.8. The van der Waals surface area contributed by atoms with Crippen LogP contribution >= 0.6 is 11.6 Å². The van der Waals surface area contributed by atoms with E-state index in [2.05, 4.69) is 11.1 Å². The van der Waals surface area contributed by atoms with E-state index >= 15 is 0 Å². The fraction of sp³-hybridized carbons (Fsp3) is 0.353. The second-order valence-electron chi connectivity index (χ2n) is 6.59. The van der Waals surface area contributed by atoms with Gasteiger partial charge in [-0.2, -0.15) is 5.10 Å². The second kappa shape index (κ2) is 5.68. The minimum atomic E-state index is -0.507. The zero-order valence-corrected chi connectivity index (χ0v) is 13.9. The molecule has 0 unspecified atom stereocenters. The van der Waals surface area contributed by atoms with Gasteiger partial charge in [-0.3, -0.25) is 9.48 Å². The summed E-state index contributed by atoms with van der Waals surface area (Å²) in [5.74, 6) is 2.34. The molecule has 1 amide bonds. The minimum Gasteiger partial charge on any atom is -0.365 e. The van der Waals surface area contributed by atoms with Crippen molar-refractivity contribution in [1.29, 1.82) is 5.26 Å². The van der Waals surface area contributed by atoms with Crippen molar-refractivity contribution >= 4 is 24.2 Å². The summed E-state index contributed by atoms with van der Waals surface area (Å²) in [4.78, 5) is 12.0. The van der Waals surface area contributed by atoms with Crippen molar-refractivity contribution in [2.45, 2.75) is 37.9 Å². The molecular formula is C17H16BClN4O. The number of benzene rings is 1. The first-order valence-electron chi connectivity index (χ1n) is 8.17. The number of aromatic nitrogens is 2. The largest absolute Gasteiger partial charge is 0.365 e. The third-order valence-electron chi connectivity index (χ3n) is 4.91. The number of nitriles is 1. The number of carbonyl (C=O) groups is 1. The van der Waals surface area contributed by atoms with Crippen LogP contribution in [0.25, 0.3) is 11.3 Å². The van der Waals surface area contributed by atoms with Crippen molar-refractivity contribution in [1.82, 2.24) is 9.78 Å². The molecule has 1 aliphatic heterocycles. The molecule has 0 atom stereocenters. The van der Waals surface area contributed by atoms with Crippen molar-refractivity contribution < 1.29 is 4.79 Å². The van der Waals surface area contributed by atoms with Gasteiger partial charge in [0.2, 0.25) is 0 Å². The molecule has 1 fully saturated rings. The van der Waals surface area contributed by atoms with Gasteiger partial charge < -0.3 is 5.73 Å². The van der Waals surface area contributed by atoms with E-state index in [0.717, 1.165) is 23.1 Å². The molecule has 24 heavy (non-hydrogen) atoms. The molecule has 0 saturated heterocycles. The summed E-state index contributed by atoms with van der Waals surface area (Å²) < 4.78 is 1.81. The summed E-state index contributed by atoms with van der Waals surface area (Å²) in [6.45, 7) is 0.530. The molecule has 7 heteroatoms. The normalized spacial score (nSPS) is 16.6. The third-order valence-corrected chi connectivity index (χ3v) is 5.23. The Labute approximate surface area is 145 Å². The van der Waals surface area contributed by atoms with Gasteiger partial charge in [-0.25, -0.2) is 5.26 Å². The molecule has 2 heterocycles. The maximum Gasteiger partial charge on any atom is 0.275 e. The molecule has 5 nitrogen and oxygen atoms in total. The number of fused-ring (bicyclic) bond motifs is 1. The van der Waals surface area contributed by atoms with Crippen molar-refractivity contribution in [2.24, 2.45) is 5.73 Å². The van der Waals surface area contributed by atoms with E-state index in [0.29, 0.717) is 35.1 Å². The highest BCUT2D eigenvalue weighted by Crippen LogP contribution is 2.44. The Bertz CT molecular complexity index is 881. The Kier molecular flexibility index (Phi) is 3.61. The van der Waals surface area contributed by atoms with E-state index in [1.807, 2.05) is 22.9 Å². The number of rotatable bonds is 3. The second-order valence-corrected chi connectivity index (χ2v) is 6.99. The maximum absolute atomic E-state index is 12.0. The molecule has 120 valence electrons. The third kappa shape index (κ3) is 2.49. The molecule has 1 aromatic carbocycles. The number of carbonyl (C=O) groups excluding carboxylic acids is 1. The van der Waals surface area contributed by atoms with Gasteiger partial charge in [0, 0.05) is 28.8 Å². The van der Waals surface area contributed by atoms with E-state index in [9.17, 15) is 10.1 Å². The Morgan fingerprint density at radius 1 is 1.46 bits per heavy atom. The average molecular weight is 339 g/mol. The number of nitrogens with zero attached hydrogens (tertiary/aromatic N) is 3. The number of nitrogens with two attached hydrogens (primary N) is 1. The molecule has 0 spiro atoms. The van der Waals surface area contributed by atoms with Gasteiger partial charge in [-0.05, 0) is 43.0 Å². The van der Waals surface area contributed by atoms with E-state index in [1.165, 1.54) is 12.8 Å². The molecule has 2 N–H and O–H groups in total. The van der Waals surface area contributed by atoms with Crippen LogP contribution < -0.4 is 5.73 Å². The van der Waals surface area contributed by atoms with E-state index < -0.39 is 5.91 Å². The zero-order valence-electron chi connectivity index (χ0n) is 13.1. The fourth-order valence-corrected chi connectivity index (χ4v) is 3.81.